The van der Waals surface area contributed by atoms with Crippen molar-refractivity contribution in [2.24, 2.45) is 0 Å². The average Bonchev–Trinajstić information content (AvgIpc) is 2.38. The van der Waals surface area contributed by atoms with Crippen LogP contribution in [-0.4, -0.2) is 28.2 Å². The summed E-state index contributed by atoms with van der Waals surface area (Å²) in [5.41, 5.74) is 1.05. The molecule has 0 aliphatic heterocycles. The van der Waals surface area contributed by atoms with Gasteiger partial charge in [0.05, 0.1) is 12.8 Å². The zero-order valence-corrected chi connectivity index (χ0v) is 10.2. The van der Waals surface area contributed by atoms with Gasteiger partial charge >= 0.3 is 5.97 Å². The summed E-state index contributed by atoms with van der Waals surface area (Å²) in [5.74, 6) is -0.438. The van der Waals surface area contributed by atoms with Gasteiger partial charge in [-0.1, -0.05) is 0 Å². The summed E-state index contributed by atoms with van der Waals surface area (Å²) < 4.78 is 5.04. The highest BCUT2D eigenvalue weighted by Gasteiger charge is 2.10. The van der Waals surface area contributed by atoms with Crippen LogP contribution in [0.5, 0.6) is 5.75 Å². The molecule has 1 N–H and O–H groups in total. The van der Waals surface area contributed by atoms with Crippen LogP contribution in [0.1, 0.15) is 10.5 Å². The first-order chi connectivity index (χ1) is 8.60. The van der Waals surface area contributed by atoms with Gasteiger partial charge in [0.2, 0.25) is 5.28 Å². The van der Waals surface area contributed by atoms with E-state index in [2.05, 4.69) is 9.97 Å². The Morgan fingerprint density at radius 2 is 1.94 bits per heavy atom. The van der Waals surface area contributed by atoms with Crippen LogP contribution in [-0.2, 0) is 0 Å². The molecule has 0 aliphatic rings. The second kappa shape index (κ2) is 5.01. The van der Waals surface area contributed by atoms with Gasteiger partial charge in [0.15, 0.2) is 5.69 Å². The molecule has 0 radical (unpaired) electrons. The Kier molecular flexibility index (Phi) is 3.43. The van der Waals surface area contributed by atoms with Gasteiger partial charge in [-0.05, 0) is 41.9 Å². The van der Waals surface area contributed by atoms with Gasteiger partial charge in [0.25, 0.3) is 0 Å². The number of hydrogen-bond acceptors (Lipinski definition) is 4. The fraction of sp³-hybridized carbons (Fsp3) is 0.0833. The van der Waals surface area contributed by atoms with E-state index in [1.807, 2.05) is 0 Å². The summed E-state index contributed by atoms with van der Waals surface area (Å²) in [7, 11) is 1.57. The molecule has 6 heteroatoms. The smallest absolute Gasteiger partial charge is 0.354 e. The number of aromatic nitrogens is 2. The molecule has 92 valence electrons. The Labute approximate surface area is 108 Å². The minimum Gasteiger partial charge on any atom is -0.497 e. The molecule has 0 spiro atoms. The molecule has 5 nitrogen and oxygen atoms in total. The molecule has 0 unspecified atom stereocenters. The number of carbonyl (C=O) groups is 1. The Hall–Kier alpha value is -2.14. The van der Waals surface area contributed by atoms with Gasteiger partial charge in [-0.15, -0.1) is 0 Å². The molecule has 2 aromatic rings. The number of nitrogens with zero attached hydrogens (tertiary/aromatic N) is 2. The lowest BCUT2D eigenvalue weighted by Gasteiger charge is -2.04. The number of methoxy groups -OCH3 is 1. The molecule has 1 heterocycles. The van der Waals surface area contributed by atoms with Gasteiger partial charge in [-0.3, -0.25) is 0 Å². The van der Waals surface area contributed by atoms with E-state index in [4.69, 9.17) is 21.4 Å². The molecule has 0 amide bonds. The Balaban J connectivity index is 2.46. The van der Waals surface area contributed by atoms with Gasteiger partial charge in [0, 0.05) is 5.56 Å². The monoisotopic (exact) mass is 264 g/mol. The summed E-state index contributed by atoms with van der Waals surface area (Å²) in [6, 6.07) is 8.42. The predicted molar refractivity (Wildman–Crippen MR) is 66.0 cm³/mol. The van der Waals surface area contributed by atoms with Crippen molar-refractivity contribution < 1.29 is 14.6 Å². The summed E-state index contributed by atoms with van der Waals surface area (Å²) in [6.45, 7) is 0. The van der Waals surface area contributed by atoms with E-state index < -0.39 is 5.97 Å². The Bertz CT molecular complexity index is 584. The van der Waals surface area contributed by atoms with Crippen molar-refractivity contribution in [1.29, 1.82) is 0 Å². The molecule has 1 aromatic heterocycles. The molecule has 0 atom stereocenters. The molecule has 2 rings (SSSR count). The van der Waals surface area contributed by atoms with E-state index in [9.17, 15) is 4.79 Å². The van der Waals surface area contributed by atoms with Crippen LogP contribution in [0.4, 0.5) is 0 Å². The topological polar surface area (TPSA) is 72.3 Å². The number of carboxylic acids is 1. The molecule has 0 bridgehead atoms. The van der Waals surface area contributed by atoms with Crippen LogP contribution in [0.3, 0.4) is 0 Å². The van der Waals surface area contributed by atoms with Crippen molar-refractivity contribution in [3.63, 3.8) is 0 Å². The number of halogens is 1. The third-order valence-electron chi connectivity index (χ3n) is 2.30. The quantitative estimate of drug-likeness (QED) is 0.863. The lowest BCUT2D eigenvalue weighted by atomic mass is 10.1. The van der Waals surface area contributed by atoms with Crippen molar-refractivity contribution in [1.82, 2.24) is 9.97 Å². The van der Waals surface area contributed by atoms with Crippen LogP contribution in [0.2, 0.25) is 5.28 Å². The molecule has 0 saturated carbocycles. The van der Waals surface area contributed by atoms with E-state index >= 15 is 0 Å². The molecule has 0 saturated heterocycles. The van der Waals surface area contributed by atoms with Gasteiger partial charge in [-0.25, -0.2) is 14.8 Å². The van der Waals surface area contributed by atoms with E-state index in [1.54, 1.807) is 31.4 Å². The highest BCUT2D eigenvalue weighted by atomic mass is 35.5. The third kappa shape index (κ3) is 2.57. The Morgan fingerprint density at radius 1 is 1.28 bits per heavy atom. The number of ether oxygens (including phenoxy) is 1. The van der Waals surface area contributed by atoms with Crippen LogP contribution in [0, 0.1) is 0 Å². The van der Waals surface area contributed by atoms with Crippen molar-refractivity contribution in [3.8, 4) is 17.0 Å². The maximum absolute atomic E-state index is 10.9. The lowest BCUT2D eigenvalue weighted by Crippen LogP contribution is -2.02. The van der Waals surface area contributed by atoms with E-state index in [0.29, 0.717) is 11.4 Å². The number of carboxylic acid groups (broad SMARTS) is 1. The minimum atomic E-state index is -1.14. The molecule has 18 heavy (non-hydrogen) atoms. The predicted octanol–water partition coefficient (Wildman–Crippen LogP) is 2.50. The fourth-order valence-electron chi connectivity index (χ4n) is 1.44. The van der Waals surface area contributed by atoms with Crippen LogP contribution in [0.15, 0.2) is 30.3 Å². The van der Waals surface area contributed by atoms with Gasteiger partial charge < -0.3 is 9.84 Å². The number of rotatable bonds is 3. The highest BCUT2D eigenvalue weighted by Crippen LogP contribution is 2.22. The van der Waals surface area contributed by atoms with Crippen LogP contribution >= 0.6 is 11.6 Å². The first kappa shape index (κ1) is 12.3. The molecular formula is C12H9ClN2O3. The SMILES string of the molecule is COc1ccc(-c2cc(C(=O)O)nc(Cl)n2)cc1. The second-order valence-corrected chi connectivity index (χ2v) is 3.78. The summed E-state index contributed by atoms with van der Waals surface area (Å²) in [4.78, 5) is 18.5. The molecule has 0 fully saturated rings. The van der Waals surface area contributed by atoms with Crippen molar-refractivity contribution in [2.75, 3.05) is 7.11 Å². The zero-order chi connectivity index (χ0) is 13.1. The van der Waals surface area contributed by atoms with E-state index in [1.165, 1.54) is 6.07 Å². The average molecular weight is 265 g/mol. The summed E-state index contributed by atoms with van der Waals surface area (Å²) >= 11 is 5.69. The van der Waals surface area contributed by atoms with E-state index in [-0.39, 0.29) is 11.0 Å². The maximum atomic E-state index is 10.9. The lowest BCUT2D eigenvalue weighted by molar-refractivity contribution is 0.0690. The summed E-state index contributed by atoms with van der Waals surface area (Å²) in [6.07, 6.45) is 0. The highest BCUT2D eigenvalue weighted by molar-refractivity contribution is 6.28. The van der Waals surface area contributed by atoms with Crippen molar-refractivity contribution >= 4 is 17.6 Å². The van der Waals surface area contributed by atoms with Crippen molar-refractivity contribution in [2.45, 2.75) is 0 Å². The maximum Gasteiger partial charge on any atom is 0.354 e. The standard InChI is InChI=1S/C12H9ClN2O3/c1-18-8-4-2-7(3-5-8)9-6-10(11(16)17)15-12(13)14-9/h2-6H,1H3,(H,16,17). The largest absolute Gasteiger partial charge is 0.497 e. The van der Waals surface area contributed by atoms with Gasteiger partial charge in [0.1, 0.15) is 5.75 Å². The van der Waals surface area contributed by atoms with E-state index in [0.717, 1.165) is 5.56 Å². The first-order valence-corrected chi connectivity index (χ1v) is 5.40. The molecular weight excluding hydrogens is 256 g/mol. The normalized spacial score (nSPS) is 10.1. The van der Waals surface area contributed by atoms with Crippen LogP contribution < -0.4 is 4.74 Å². The number of hydrogen-bond donors (Lipinski definition) is 1. The van der Waals surface area contributed by atoms with Crippen LogP contribution in [0.25, 0.3) is 11.3 Å². The molecule has 0 aliphatic carbocycles. The van der Waals surface area contributed by atoms with Crippen molar-refractivity contribution in [3.05, 3.63) is 41.3 Å². The first-order valence-electron chi connectivity index (χ1n) is 5.02. The second-order valence-electron chi connectivity index (χ2n) is 3.44. The number of aromatic carboxylic acids is 1. The summed E-state index contributed by atoms with van der Waals surface area (Å²) in [5, 5.41) is 8.80. The fourth-order valence-corrected chi connectivity index (χ4v) is 1.62. The minimum absolute atomic E-state index is 0.0966. The molecule has 1 aromatic carbocycles. The number of benzene rings is 1. The van der Waals surface area contributed by atoms with Gasteiger partial charge in [-0.2, -0.15) is 0 Å². The zero-order valence-electron chi connectivity index (χ0n) is 9.42. The third-order valence-corrected chi connectivity index (χ3v) is 2.47. The Morgan fingerprint density at radius 3 is 2.50 bits per heavy atom.